The highest BCUT2D eigenvalue weighted by Crippen LogP contribution is 2.72. The second-order valence-electron chi connectivity index (χ2n) is 19.2. The highest BCUT2D eigenvalue weighted by molar-refractivity contribution is 7.00. The largest absolute Gasteiger partial charge is 0.339 e. The van der Waals surface area contributed by atoms with E-state index in [1.54, 1.807) is 0 Å². The molecule has 5 aromatic rings. The Labute approximate surface area is 281 Å². The minimum absolute atomic E-state index is 0.0414. The second-order valence-corrected chi connectivity index (χ2v) is 19.2. The summed E-state index contributed by atoms with van der Waals surface area (Å²) in [6, 6.07) is 25.8. The molecule has 3 unspecified atom stereocenters. The third-order valence-corrected chi connectivity index (χ3v) is 13.2. The summed E-state index contributed by atoms with van der Waals surface area (Å²) in [5.41, 5.74) is 17.5. The van der Waals surface area contributed by atoms with Crippen LogP contribution in [-0.2, 0) is 16.2 Å². The number of anilines is 2. The van der Waals surface area contributed by atoms with E-state index in [-0.39, 0.29) is 23.0 Å². The number of rotatable bonds is 1. The molecule has 4 saturated carbocycles. The van der Waals surface area contributed by atoms with E-state index in [2.05, 4.69) is 139 Å². The van der Waals surface area contributed by atoms with Crippen LogP contribution in [0.15, 0.2) is 60.7 Å². The highest BCUT2D eigenvalue weighted by Gasteiger charge is 2.70. The van der Waals surface area contributed by atoms with Crippen LogP contribution in [0.2, 0.25) is 0 Å². The van der Waals surface area contributed by atoms with Crippen molar-refractivity contribution in [3.05, 3.63) is 82.9 Å². The van der Waals surface area contributed by atoms with Gasteiger partial charge in [0.15, 0.2) is 0 Å². The molecule has 3 heterocycles. The van der Waals surface area contributed by atoms with Gasteiger partial charge in [0.05, 0.1) is 5.52 Å². The summed E-state index contributed by atoms with van der Waals surface area (Å²) in [5, 5.41) is 2.81. The first-order chi connectivity index (χ1) is 22.1. The summed E-state index contributed by atoms with van der Waals surface area (Å²) in [5.74, 6) is 3.65. The normalized spacial score (nSPS) is 25.2. The number of nitrogens with zero attached hydrogens (tertiary/aromatic N) is 2. The Hall–Kier alpha value is -3.46. The predicted octanol–water partition coefficient (Wildman–Crippen LogP) is 8.92. The first kappa shape index (κ1) is 28.5. The van der Waals surface area contributed by atoms with E-state index >= 15 is 0 Å². The van der Waals surface area contributed by atoms with Gasteiger partial charge >= 0.3 is 0 Å². The molecule has 4 aliphatic carbocycles. The van der Waals surface area contributed by atoms with Crippen molar-refractivity contribution in [3.8, 4) is 5.69 Å². The fourth-order valence-electron chi connectivity index (χ4n) is 10.8. The van der Waals surface area contributed by atoms with Crippen molar-refractivity contribution < 1.29 is 0 Å². The van der Waals surface area contributed by atoms with Crippen LogP contribution in [0.3, 0.4) is 0 Å². The Morgan fingerprint density at radius 2 is 1.21 bits per heavy atom. The number of fused-ring (bicyclic) bond motifs is 7. The fraction of sp³-hybridized carbons (Fsp3) is 0.455. The molecule has 0 N–H and O–H groups in total. The van der Waals surface area contributed by atoms with Crippen molar-refractivity contribution in [2.75, 3.05) is 4.90 Å². The molecule has 4 bridgehead atoms. The molecule has 0 saturated heterocycles. The Morgan fingerprint density at radius 1 is 0.617 bits per heavy atom. The minimum atomic E-state index is 0.0414. The Kier molecular flexibility index (Phi) is 5.21. The molecule has 3 atom stereocenters. The molecule has 0 amide bonds. The average molecular weight is 617 g/mol. The summed E-state index contributed by atoms with van der Waals surface area (Å²) >= 11 is 0. The van der Waals surface area contributed by atoms with Crippen LogP contribution < -0.4 is 21.3 Å². The van der Waals surface area contributed by atoms with Crippen LogP contribution in [0.1, 0.15) is 97.4 Å². The molecular formula is C44H49BN2. The van der Waals surface area contributed by atoms with Crippen molar-refractivity contribution in [1.82, 2.24) is 4.57 Å². The zero-order valence-corrected chi connectivity index (χ0v) is 30.0. The monoisotopic (exact) mass is 616 g/mol. The summed E-state index contributed by atoms with van der Waals surface area (Å²) in [4.78, 5) is 2.89. The van der Waals surface area contributed by atoms with Crippen LogP contribution in [0.5, 0.6) is 0 Å². The van der Waals surface area contributed by atoms with E-state index < -0.39 is 0 Å². The quantitative estimate of drug-likeness (QED) is 0.168. The maximum absolute atomic E-state index is 2.89. The summed E-state index contributed by atoms with van der Waals surface area (Å²) in [6.07, 6.45) is 2.89. The third-order valence-electron chi connectivity index (χ3n) is 13.2. The van der Waals surface area contributed by atoms with Crippen LogP contribution in [0.25, 0.3) is 27.5 Å². The van der Waals surface area contributed by atoms with Crippen molar-refractivity contribution in [1.29, 1.82) is 0 Å². The molecule has 2 nitrogen and oxygen atoms in total. The van der Waals surface area contributed by atoms with Crippen LogP contribution >= 0.6 is 0 Å². The zero-order valence-electron chi connectivity index (χ0n) is 30.0. The standard InChI is InChI=1S/C44H49BN2/c1-23-15-36-39-37(16-23)47(40-24-17-29-30(18-24)38(29)40)35-14-12-26(43(5,6)7)21-32(35)45(39)33-22-27(44(8,9)10)20-31-28-19-25(42(2,3)4)11-13-34(28)46(36)41(31)33/h11-16,19-22,24,29-30,38,40H,17-18H2,1-10H3. The van der Waals surface area contributed by atoms with Gasteiger partial charge in [0.1, 0.15) is 0 Å². The van der Waals surface area contributed by atoms with Gasteiger partial charge in [0.2, 0.25) is 0 Å². The molecule has 238 valence electrons. The summed E-state index contributed by atoms with van der Waals surface area (Å²) in [6.45, 7) is 23.9. The van der Waals surface area contributed by atoms with E-state index in [1.165, 1.54) is 90.4 Å². The van der Waals surface area contributed by atoms with Crippen molar-refractivity contribution in [3.63, 3.8) is 0 Å². The Morgan fingerprint density at radius 3 is 1.85 bits per heavy atom. The molecule has 6 aliphatic rings. The number of hydrogen-bond donors (Lipinski definition) is 0. The molecule has 3 heteroatoms. The number of aryl methyl sites for hydroxylation is 1. The molecule has 47 heavy (non-hydrogen) atoms. The summed E-state index contributed by atoms with van der Waals surface area (Å²) < 4.78 is 2.67. The highest BCUT2D eigenvalue weighted by atomic mass is 15.2. The third kappa shape index (κ3) is 3.64. The van der Waals surface area contributed by atoms with E-state index in [0.29, 0.717) is 6.04 Å². The second kappa shape index (κ2) is 8.57. The molecule has 4 aromatic carbocycles. The van der Waals surface area contributed by atoms with Gasteiger partial charge in [-0.2, -0.15) is 0 Å². The Bertz CT molecular complexity index is 2200. The lowest BCUT2D eigenvalue weighted by molar-refractivity contribution is 0.513. The van der Waals surface area contributed by atoms with E-state index in [0.717, 1.165) is 23.7 Å². The first-order valence-electron chi connectivity index (χ1n) is 18.3. The van der Waals surface area contributed by atoms with Crippen molar-refractivity contribution in [2.45, 2.75) is 104 Å². The SMILES string of the molecule is Cc1cc2c3c(c1)-n1c4ccc(C(C)(C)C)cc4c4cc(C(C)(C)C)cc(c41)B3c1cc(C(C)(C)C)ccc1N2C1C2CC3C(C2)C31. The van der Waals surface area contributed by atoms with Gasteiger partial charge in [0.25, 0.3) is 6.71 Å². The van der Waals surface area contributed by atoms with E-state index in [4.69, 9.17) is 0 Å². The van der Waals surface area contributed by atoms with Gasteiger partial charge in [-0.3, -0.25) is 0 Å². The molecule has 4 fully saturated rings. The van der Waals surface area contributed by atoms with Crippen LogP contribution in [-0.4, -0.2) is 17.3 Å². The maximum Gasteiger partial charge on any atom is 0.252 e. The van der Waals surface area contributed by atoms with E-state index in [9.17, 15) is 0 Å². The molecule has 2 aliphatic heterocycles. The molecular weight excluding hydrogens is 567 g/mol. The molecule has 0 radical (unpaired) electrons. The maximum atomic E-state index is 2.89. The van der Waals surface area contributed by atoms with Crippen molar-refractivity contribution in [2.24, 2.45) is 23.7 Å². The Balaban J connectivity index is 1.36. The lowest BCUT2D eigenvalue weighted by Gasteiger charge is -2.45. The summed E-state index contributed by atoms with van der Waals surface area (Å²) in [7, 11) is 0. The number of hydrogen-bond acceptors (Lipinski definition) is 1. The lowest BCUT2D eigenvalue weighted by atomic mass is 9.33. The van der Waals surface area contributed by atoms with Gasteiger partial charge in [-0.25, -0.2) is 0 Å². The van der Waals surface area contributed by atoms with Gasteiger partial charge < -0.3 is 9.47 Å². The lowest BCUT2D eigenvalue weighted by Crippen LogP contribution is -2.62. The fourth-order valence-corrected chi connectivity index (χ4v) is 10.8. The average Bonchev–Trinajstić information content (AvgIpc) is 3.42. The molecule has 1 aromatic heterocycles. The minimum Gasteiger partial charge on any atom is -0.339 e. The van der Waals surface area contributed by atoms with Gasteiger partial charge in [-0.15, -0.1) is 0 Å². The van der Waals surface area contributed by atoms with Crippen LogP contribution in [0.4, 0.5) is 11.4 Å². The van der Waals surface area contributed by atoms with Gasteiger partial charge in [0, 0.05) is 39.4 Å². The number of aromatic nitrogens is 1. The first-order valence-corrected chi connectivity index (χ1v) is 18.3. The molecule has 0 spiro atoms. The smallest absolute Gasteiger partial charge is 0.252 e. The van der Waals surface area contributed by atoms with Gasteiger partial charge in [-0.05, 0) is 135 Å². The van der Waals surface area contributed by atoms with Crippen molar-refractivity contribution >= 4 is 56.3 Å². The van der Waals surface area contributed by atoms with Crippen LogP contribution in [0, 0.1) is 30.6 Å². The van der Waals surface area contributed by atoms with E-state index in [1.807, 2.05) is 0 Å². The number of benzene rings is 4. The molecule has 11 rings (SSSR count). The van der Waals surface area contributed by atoms with Gasteiger partial charge in [-0.1, -0.05) is 86.6 Å². The zero-order chi connectivity index (χ0) is 32.7. The topological polar surface area (TPSA) is 8.17 Å². The predicted molar refractivity (Wildman–Crippen MR) is 202 cm³/mol.